The van der Waals surface area contributed by atoms with Gasteiger partial charge in [-0.1, -0.05) is 55.7 Å². The van der Waals surface area contributed by atoms with E-state index in [1.54, 1.807) is 20.8 Å². The van der Waals surface area contributed by atoms with Crippen LogP contribution in [0, 0.1) is 5.41 Å². The predicted octanol–water partition coefficient (Wildman–Crippen LogP) is 3.33. The number of nitrogens with one attached hydrogen (secondary N) is 1. The molecule has 1 fully saturated rings. The van der Waals surface area contributed by atoms with E-state index in [1.807, 2.05) is 20.8 Å². The summed E-state index contributed by atoms with van der Waals surface area (Å²) in [6.45, 7) is 6.83. The van der Waals surface area contributed by atoms with Gasteiger partial charge in [-0.3, -0.25) is 14.2 Å². The molecule has 0 saturated carbocycles. The van der Waals surface area contributed by atoms with Crippen LogP contribution in [0.3, 0.4) is 0 Å². The number of carbonyl (C=O) groups is 2. The number of halogens is 2. The number of rotatable bonds is 12. The highest BCUT2D eigenvalue weighted by Crippen LogP contribution is 2.50. The number of aromatic nitrogens is 4. The summed E-state index contributed by atoms with van der Waals surface area (Å²) in [5, 5.41) is 13.9. The Labute approximate surface area is 257 Å². The minimum absolute atomic E-state index is 0.00899. The van der Waals surface area contributed by atoms with Crippen molar-refractivity contribution >= 4 is 81.5 Å². The molecule has 230 valence electrons. The van der Waals surface area contributed by atoms with E-state index >= 15 is 0 Å². The number of fused-ring (bicyclic) bond motifs is 1. The van der Waals surface area contributed by atoms with E-state index in [1.165, 1.54) is 17.2 Å². The number of nitrogens with zero attached hydrogens (tertiary/aromatic N) is 4. The maximum absolute atomic E-state index is 12.5. The Morgan fingerprint density at radius 1 is 1.29 bits per heavy atom. The number of nitrogen functional groups attached to an aromatic ring is 1. The summed E-state index contributed by atoms with van der Waals surface area (Å²) < 4.78 is 22.7. The normalized spacial score (nSPS) is 23.0. The molecule has 0 aliphatic carbocycles. The van der Waals surface area contributed by atoms with Crippen LogP contribution >= 0.6 is 41.6 Å². The maximum Gasteiger partial charge on any atom is 0.323 e. The molecule has 1 aliphatic heterocycles. The van der Waals surface area contributed by atoms with Gasteiger partial charge in [0.25, 0.3) is 6.64 Å². The number of alkyl halides is 2. The van der Waals surface area contributed by atoms with Gasteiger partial charge in [0, 0.05) is 11.2 Å². The topological polar surface area (TPSA) is 173 Å². The number of thioether (sulfide) groups is 1. The number of aliphatic hydroxyl groups is 1. The third kappa shape index (κ3) is 8.49. The molecule has 3 rings (SSSR count). The lowest BCUT2D eigenvalue weighted by Crippen LogP contribution is -2.39. The van der Waals surface area contributed by atoms with Gasteiger partial charge in [0.15, 0.2) is 27.1 Å². The highest BCUT2D eigenvalue weighted by Gasteiger charge is 2.56. The van der Waals surface area contributed by atoms with E-state index in [-0.39, 0.29) is 30.3 Å². The molecule has 41 heavy (non-hydrogen) atoms. The van der Waals surface area contributed by atoms with Crippen LogP contribution in [0.15, 0.2) is 12.7 Å². The zero-order valence-corrected chi connectivity index (χ0v) is 27.5. The molecule has 0 aromatic carbocycles. The Morgan fingerprint density at radius 3 is 2.61 bits per heavy atom. The number of nitrogens with two attached hydrogens (primary N) is 1. The number of ether oxygens (including phenoxy) is 2. The first-order valence-corrected chi connectivity index (χ1v) is 17.0. The average Bonchev–Trinajstić information content (AvgIpc) is 3.38. The number of anilines is 1. The predicted molar refractivity (Wildman–Crippen MR) is 161 cm³/mol. The summed E-state index contributed by atoms with van der Waals surface area (Å²) in [7, 11) is 0. The van der Waals surface area contributed by atoms with Crippen molar-refractivity contribution < 1.29 is 33.2 Å². The Kier molecular flexibility index (Phi) is 11.5. The van der Waals surface area contributed by atoms with Crippen molar-refractivity contribution in [2.75, 3.05) is 24.7 Å². The molecule has 5 atom stereocenters. The van der Waals surface area contributed by atoms with E-state index in [0.717, 1.165) is 11.8 Å². The number of aliphatic hydroxyl groups excluding tert-OH is 1. The molecule has 3 heterocycles. The van der Waals surface area contributed by atoms with Crippen LogP contribution in [0.2, 0.25) is 0 Å². The summed E-state index contributed by atoms with van der Waals surface area (Å²) in [5.41, 5.74) is 5.97. The lowest BCUT2D eigenvalue weighted by molar-refractivity contribution is -0.149. The number of imidazole rings is 1. The average molecular weight is 674 g/mol. The first-order valence-electron chi connectivity index (χ1n) is 12.6. The molecule has 0 bridgehead atoms. The second kappa shape index (κ2) is 13.7. The Balaban J connectivity index is 1.74. The highest BCUT2D eigenvalue weighted by molar-refractivity contribution is 8.13. The number of carbonyl (C=O) groups excluding carboxylic acids is 2. The molecular weight excluding hydrogens is 638 g/mol. The van der Waals surface area contributed by atoms with Crippen LogP contribution in [0.25, 0.3) is 11.2 Å². The second-order valence-corrected chi connectivity index (χ2v) is 16.3. The number of hydrogen-bond acceptors (Lipinski definition) is 13. The van der Waals surface area contributed by atoms with Crippen LogP contribution in [0.4, 0.5) is 5.82 Å². The van der Waals surface area contributed by atoms with E-state index < -0.39 is 46.8 Å². The van der Waals surface area contributed by atoms with Gasteiger partial charge in [-0.05, 0) is 32.6 Å². The fourth-order valence-corrected chi connectivity index (χ4v) is 7.43. The summed E-state index contributed by atoms with van der Waals surface area (Å²) in [4.78, 5) is 37.0. The molecule has 0 radical (unpaired) electrons. The Hall–Kier alpha value is -1.13. The Bertz CT molecular complexity index is 1290. The minimum Gasteiger partial charge on any atom is -0.462 e. The molecule has 0 spiro atoms. The van der Waals surface area contributed by atoms with Gasteiger partial charge in [-0.25, -0.2) is 20.0 Å². The SMILES string of the molecule is CC(C)OC(=O)[C@H](C)N[P@@](=S)(OCCSC(=O)C(C)(C)C)OC[C@H]1O[C@@H](n2cnc3c(N)ncnc32)C(Cl)(Cl)[C@@H]1O. The Morgan fingerprint density at radius 2 is 1.98 bits per heavy atom. The number of hydrogen-bond donors (Lipinski definition) is 3. The summed E-state index contributed by atoms with van der Waals surface area (Å²) in [6.07, 6.45) is -1.33. The van der Waals surface area contributed by atoms with E-state index in [0.29, 0.717) is 16.9 Å². The van der Waals surface area contributed by atoms with Crippen molar-refractivity contribution in [3.63, 3.8) is 0 Å². The summed E-state index contributed by atoms with van der Waals surface area (Å²) >= 11 is 19.9. The molecule has 1 saturated heterocycles. The molecular formula is C23H35Cl2N6O7PS2. The van der Waals surface area contributed by atoms with Crippen molar-refractivity contribution in [2.45, 2.75) is 76.5 Å². The van der Waals surface area contributed by atoms with Crippen molar-refractivity contribution in [2.24, 2.45) is 5.41 Å². The smallest absolute Gasteiger partial charge is 0.323 e. The number of esters is 1. The molecule has 18 heteroatoms. The van der Waals surface area contributed by atoms with Crippen LogP contribution in [-0.2, 0) is 39.9 Å². The standard InChI is InChI=1S/C23H35Cl2N6O7PS2/c1-12(2)37-19(33)13(3)30-39(40,35-7-8-41-21(34)22(4,5)6)36-9-14-16(32)23(24,25)20(38-14)31-11-29-15-17(26)27-10-28-18(15)31/h10-14,16,20,32H,7-9H2,1-6H3,(H,30,40)(H2,26,27,28)/t13-,14+,16+,20+,39+/m0/s1. The molecule has 4 N–H and O–H groups in total. The minimum atomic E-state index is -3.40. The molecule has 2 aromatic heterocycles. The van der Waals surface area contributed by atoms with Gasteiger partial charge in [0.05, 0.1) is 25.6 Å². The quantitative estimate of drug-likeness (QED) is 0.130. The van der Waals surface area contributed by atoms with Crippen LogP contribution in [0.1, 0.15) is 47.8 Å². The van der Waals surface area contributed by atoms with Crippen molar-refractivity contribution in [3.05, 3.63) is 12.7 Å². The maximum atomic E-state index is 12.5. The van der Waals surface area contributed by atoms with E-state index in [9.17, 15) is 14.7 Å². The first kappa shape index (κ1) is 34.4. The summed E-state index contributed by atoms with van der Waals surface area (Å²) in [6, 6.07) is -0.878. The monoisotopic (exact) mass is 672 g/mol. The van der Waals surface area contributed by atoms with E-state index in [4.69, 9.17) is 59.3 Å². The molecule has 0 unspecified atom stereocenters. The highest BCUT2D eigenvalue weighted by atomic mass is 35.5. The van der Waals surface area contributed by atoms with Crippen LogP contribution in [-0.4, -0.2) is 83.4 Å². The van der Waals surface area contributed by atoms with Crippen LogP contribution < -0.4 is 10.8 Å². The van der Waals surface area contributed by atoms with Crippen molar-refractivity contribution in [1.82, 2.24) is 24.6 Å². The van der Waals surface area contributed by atoms with Crippen molar-refractivity contribution in [3.8, 4) is 0 Å². The van der Waals surface area contributed by atoms with Gasteiger partial charge in [-0.15, -0.1) is 0 Å². The second-order valence-electron chi connectivity index (χ2n) is 10.6. The van der Waals surface area contributed by atoms with Gasteiger partial charge in [-0.2, -0.15) is 0 Å². The molecule has 0 amide bonds. The zero-order chi connectivity index (χ0) is 30.8. The molecule has 1 aliphatic rings. The summed E-state index contributed by atoms with van der Waals surface area (Å²) in [5.74, 6) is -0.0943. The lowest BCUT2D eigenvalue weighted by Gasteiger charge is -2.28. The van der Waals surface area contributed by atoms with Gasteiger partial charge >= 0.3 is 5.97 Å². The fraction of sp³-hybridized carbons (Fsp3) is 0.696. The van der Waals surface area contributed by atoms with Crippen LogP contribution in [0.5, 0.6) is 0 Å². The van der Waals surface area contributed by atoms with Gasteiger partial charge in [0.2, 0.25) is 0 Å². The largest absolute Gasteiger partial charge is 0.462 e. The van der Waals surface area contributed by atoms with Gasteiger partial charge in [0.1, 0.15) is 30.1 Å². The molecule has 2 aromatic rings. The third-order valence-corrected chi connectivity index (χ3v) is 10.4. The van der Waals surface area contributed by atoms with Crippen molar-refractivity contribution in [1.29, 1.82) is 0 Å². The van der Waals surface area contributed by atoms with Gasteiger partial charge < -0.3 is 29.4 Å². The third-order valence-electron chi connectivity index (χ3n) is 5.68. The zero-order valence-electron chi connectivity index (χ0n) is 23.4. The fourth-order valence-electron chi connectivity index (χ4n) is 3.56. The lowest BCUT2D eigenvalue weighted by atomic mass is 10.00. The first-order chi connectivity index (χ1) is 19.0. The molecule has 13 nitrogen and oxygen atoms in total. The van der Waals surface area contributed by atoms with E-state index in [2.05, 4.69) is 20.0 Å².